The van der Waals surface area contributed by atoms with Gasteiger partial charge in [0.15, 0.2) is 17.8 Å². The number of aromatic hydroxyl groups is 2. The number of carbonyl (C=O) groups excluding carboxylic acids is 1. The van der Waals surface area contributed by atoms with Gasteiger partial charge in [-0.05, 0) is 19.4 Å². The molecule has 7 nitrogen and oxygen atoms in total. The number of carboxylic acids is 1. The van der Waals surface area contributed by atoms with Gasteiger partial charge < -0.3 is 15.3 Å². The van der Waals surface area contributed by atoms with Crippen molar-refractivity contribution in [2.24, 2.45) is 0 Å². The summed E-state index contributed by atoms with van der Waals surface area (Å²) in [7, 11) is 0. The van der Waals surface area contributed by atoms with Crippen LogP contribution in [0.1, 0.15) is 19.9 Å². The molecular weight excluding hydrogens is 271 g/mol. The van der Waals surface area contributed by atoms with E-state index in [9.17, 15) is 24.2 Å². The lowest BCUT2D eigenvalue weighted by Gasteiger charge is -2.43. The number of halogens is 1. The number of aliphatic carboxylic acids is 1. The minimum Gasteiger partial charge on any atom is -0.494 e. The monoisotopic (exact) mass is 284 g/mol. The Morgan fingerprint density at radius 2 is 1.75 bits per heavy atom. The molecule has 1 amide bonds. The quantitative estimate of drug-likeness (QED) is 0.436. The second-order valence-electron chi connectivity index (χ2n) is 4.60. The van der Waals surface area contributed by atoms with Gasteiger partial charge in [0.1, 0.15) is 5.70 Å². The minimum atomic E-state index is -1.98. The third-order valence-electron chi connectivity index (χ3n) is 3.07. The molecule has 2 heterocycles. The molecule has 0 bridgehead atoms. The van der Waals surface area contributed by atoms with Crippen LogP contribution in [-0.2, 0) is 9.59 Å². The molecule has 2 atom stereocenters. The first-order valence-electron chi connectivity index (χ1n) is 5.74. The maximum Gasteiger partial charge on any atom is 0.352 e. The molecule has 2 unspecified atom stereocenters. The van der Waals surface area contributed by atoms with Crippen LogP contribution in [0.5, 0.6) is 11.8 Å². The second kappa shape index (κ2) is 4.55. The highest BCUT2D eigenvalue weighted by Gasteiger charge is 2.53. The van der Waals surface area contributed by atoms with Crippen LogP contribution >= 0.6 is 0 Å². The Balaban J connectivity index is 2.37. The fraction of sp³-hybridized carbons (Fsp3) is 0.333. The van der Waals surface area contributed by atoms with Crippen LogP contribution in [0.25, 0.3) is 0 Å². The van der Waals surface area contributed by atoms with Gasteiger partial charge in [-0.15, -0.1) is 0 Å². The number of aromatic nitrogens is 1. The van der Waals surface area contributed by atoms with Crippen LogP contribution in [0.15, 0.2) is 23.4 Å². The fourth-order valence-corrected chi connectivity index (χ4v) is 2.18. The lowest BCUT2D eigenvalue weighted by molar-refractivity contribution is -0.165. The Labute approximate surface area is 113 Å². The van der Waals surface area contributed by atoms with Crippen molar-refractivity contribution in [2.75, 3.05) is 0 Å². The minimum absolute atomic E-state index is 0.271. The molecule has 1 aromatic rings. The zero-order valence-electron chi connectivity index (χ0n) is 10.7. The van der Waals surface area contributed by atoms with Crippen molar-refractivity contribution < 1.29 is 29.3 Å². The van der Waals surface area contributed by atoms with Crippen LogP contribution in [0.2, 0.25) is 0 Å². The third-order valence-corrected chi connectivity index (χ3v) is 3.07. The van der Waals surface area contributed by atoms with Gasteiger partial charge in [0, 0.05) is 12.1 Å². The standard InChI is InChI=1S/C12H13FN2O5/c1-5(2)8(12(19)20)15-10(13)9(11(15)18)14-6(16)3-4-7(14)17/h3-4,9-10,16-17H,1-2H3,(H,19,20). The predicted molar refractivity (Wildman–Crippen MR) is 64.6 cm³/mol. The maximum absolute atomic E-state index is 14.2. The highest BCUT2D eigenvalue weighted by atomic mass is 19.1. The molecule has 0 radical (unpaired) electrons. The molecule has 1 aromatic heterocycles. The van der Waals surface area contributed by atoms with E-state index in [0.29, 0.717) is 9.47 Å². The smallest absolute Gasteiger partial charge is 0.352 e. The van der Waals surface area contributed by atoms with Gasteiger partial charge in [-0.25, -0.2) is 9.18 Å². The van der Waals surface area contributed by atoms with Gasteiger partial charge in [-0.3, -0.25) is 14.3 Å². The van der Waals surface area contributed by atoms with Crippen molar-refractivity contribution in [3.63, 3.8) is 0 Å². The van der Waals surface area contributed by atoms with Crippen LogP contribution in [0, 0.1) is 0 Å². The molecule has 0 aliphatic carbocycles. The average Bonchev–Trinajstić information content (AvgIpc) is 2.67. The summed E-state index contributed by atoms with van der Waals surface area (Å²) in [6.07, 6.45) is -1.98. The Morgan fingerprint density at radius 3 is 2.10 bits per heavy atom. The lowest BCUT2D eigenvalue weighted by atomic mass is 10.0. The Hall–Kier alpha value is -2.51. The van der Waals surface area contributed by atoms with Crippen molar-refractivity contribution in [2.45, 2.75) is 26.2 Å². The number of nitrogens with zero attached hydrogens (tertiary/aromatic N) is 2. The molecule has 1 aliphatic rings. The van der Waals surface area contributed by atoms with Gasteiger partial charge in [0.25, 0.3) is 5.91 Å². The number of alkyl halides is 1. The second-order valence-corrected chi connectivity index (χ2v) is 4.60. The van der Waals surface area contributed by atoms with E-state index in [4.69, 9.17) is 5.11 Å². The highest BCUT2D eigenvalue weighted by Crippen LogP contribution is 2.41. The third kappa shape index (κ3) is 1.80. The molecule has 1 aliphatic heterocycles. The number of β-lactam (4-membered cyclic amide) rings is 1. The SMILES string of the molecule is CC(C)=C(C(=O)O)N1C(=O)C(n2c(O)ccc2O)C1F. The molecule has 8 heteroatoms. The summed E-state index contributed by atoms with van der Waals surface area (Å²) in [6.45, 7) is 2.89. The number of hydrogen-bond acceptors (Lipinski definition) is 4. The van der Waals surface area contributed by atoms with E-state index in [2.05, 4.69) is 0 Å². The van der Waals surface area contributed by atoms with E-state index in [-0.39, 0.29) is 5.57 Å². The van der Waals surface area contributed by atoms with Crippen molar-refractivity contribution in [1.82, 2.24) is 9.47 Å². The number of carbonyl (C=O) groups is 2. The van der Waals surface area contributed by atoms with Crippen molar-refractivity contribution in [3.05, 3.63) is 23.4 Å². The molecule has 0 aromatic carbocycles. The number of carboxylic acid groups (broad SMARTS) is 1. The molecule has 0 spiro atoms. The zero-order valence-corrected chi connectivity index (χ0v) is 10.7. The number of likely N-dealkylation sites (tertiary alicyclic amines) is 1. The van der Waals surface area contributed by atoms with E-state index in [1.165, 1.54) is 13.8 Å². The van der Waals surface area contributed by atoms with E-state index in [1.807, 2.05) is 0 Å². The summed E-state index contributed by atoms with van der Waals surface area (Å²) < 4.78 is 14.9. The van der Waals surface area contributed by atoms with Crippen LogP contribution in [-0.4, -0.2) is 43.0 Å². The number of allylic oxidation sites excluding steroid dienone is 1. The van der Waals surface area contributed by atoms with E-state index >= 15 is 0 Å². The molecule has 3 N–H and O–H groups in total. The highest BCUT2D eigenvalue weighted by molar-refractivity contribution is 5.98. The van der Waals surface area contributed by atoms with Gasteiger partial charge in [-0.2, -0.15) is 0 Å². The fourth-order valence-electron chi connectivity index (χ4n) is 2.18. The van der Waals surface area contributed by atoms with Crippen LogP contribution < -0.4 is 0 Å². The van der Waals surface area contributed by atoms with Gasteiger partial charge in [-0.1, -0.05) is 0 Å². The molecule has 1 saturated heterocycles. The average molecular weight is 284 g/mol. The molecule has 108 valence electrons. The van der Waals surface area contributed by atoms with Gasteiger partial charge in [0.2, 0.25) is 6.30 Å². The van der Waals surface area contributed by atoms with E-state index in [0.717, 1.165) is 12.1 Å². The summed E-state index contributed by atoms with van der Waals surface area (Å²) in [5.41, 5.74) is -0.169. The van der Waals surface area contributed by atoms with Crippen LogP contribution in [0.3, 0.4) is 0 Å². The first kappa shape index (κ1) is 13.9. The van der Waals surface area contributed by atoms with Crippen molar-refractivity contribution >= 4 is 11.9 Å². The number of hydrogen-bond donors (Lipinski definition) is 3. The molecular formula is C12H13FN2O5. The first-order valence-corrected chi connectivity index (χ1v) is 5.74. The normalized spacial score (nSPS) is 21.6. The van der Waals surface area contributed by atoms with Gasteiger partial charge >= 0.3 is 5.97 Å². The van der Waals surface area contributed by atoms with E-state index < -0.39 is 41.7 Å². The molecule has 20 heavy (non-hydrogen) atoms. The Morgan fingerprint density at radius 1 is 1.25 bits per heavy atom. The van der Waals surface area contributed by atoms with E-state index in [1.54, 1.807) is 0 Å². The van der Waals surface area contributed by atoms with Crippen LogP contribution in [0.4, 0.5) is 4.39 Å². The Kier molecular flexibility index (Phi) is 3.16. The number of amides is 1. The summed E-state index contributed by atoms with van der Waals surface area (Å²) >= 11 is 0. The summed E-state index contributed by atoms with van der Waals surface area (Å²) in [4.78, 5) is 23.5. The van der Waals surface area contributed by atoms with Crippen molar-refractivity contribution in [3.8, 4) is 11.8 Å². The zero-order chi connectivity index (χ0) is 15.2. The Bertz CT molecular complexity index is 598. The molecule has 0 saturated carbocycles. The summed E-state index contributed by atoms with van der Waals surface area (Å²) in [5.74, 6) is -3.22. The summed E-state index contributed by atoms with van der Waals surface area (Å²) in [6, 6.07) is 0.743. The topological polar surface area (TPSA) is 103 Å². The largest absolute Gasteiger partial charge is 0.494 e. The maximum atomic E-state index is 14.2. The van der Waals surface area contributed by atoms with Crippen molar-refractivity contribution in [1.29, 1.82) is 0 Å². The summed E-state index contributed by atoms with van der Waals surface area (Å²) in [5, 5.41) is 28.0. The lowest BCUT2D eigenvalue weighted by Crippen LogP contribution is -2.59. The van der Waals surface area contributed by atoms with Gasteiger partial charge in [0.05, 0.1) is 0 Å². The molecule has 1 fully saturated rings. The molecule has 2 rings (SSSR count). The number of rotatable bonds is 3. The predicted octanol–water partition coefficient (Wildman–Crippen LogP) is 0.957. The first-order chi connectivity index (χ1) is 9.27.